The SMILES string of the molecule is CCC1CS(=O)C2CS(=O)(=O)CCC2N1. The maximum Gasteiger partial charge on any atom is 0.151 e. The normalized spacial score (nSPS) is 44.6. The second-order valence-electron chi connectivity index (χ2n) is 4.37. The Balaban J connectivity index is 2.14. The molecule has 88 valence electrons. The van der Waals surface area contributed by atoms with Crippen molar-refractivity contribution in [1.29, 1.82) is 0 Å². The fourth-order valence-electron chi connectivity index (χ4n) is 2.30. The summed E-state index contributed by atoms with van der Waals surface area (Å²) in [5, 5.41) is 3.24. The van der Waals surface area contributed by atoms with E-state index in [1.165, 1.54) is 0 Å². The standard InChI is InChI=1S/C9H17NO3S2/c1-2-7-5-14(11)9-6-15(12,13)4-3-8(9)10-7/h7-10H,2-6H2,1H3. The van der Waals surface area contributed by atoms with Gasteiger partial charge >= 0.3 is 0 Å². The van der Waals surface area contributed by atoms with Crippen LogP contribution in [0, 0.1) is 0 Å². The van der Waals surface area contributed by atoms with Crippen molar-refractivity contribution < 1.29 is 12.6 Å². The molecule has 0 bridgehead atoms. The summed E-state index contributed by atoms with van der Waals surface area (Å²) in [5.74, 6) is 0.954. The lowest BCUT2D eigenvalue weighted by molar-refractivity contribution is 0.393. The zero-order valence-corrected chi connectivity index (χ0v) is 10.4. The van der Waals surface area contributed by atoms with Crippen LogP contribution < -0.4 is 5.32 Å². The maximum absolute atomic E-state index is 11.9. The van der Waals surface area contributed by atoms with Crippen LogP contribution in [0.4, 0.5) is 0 Å². The summed E-state index contributed by atoms with van der Waals surface area (Å²) in [6.45, 7) is 2.06. The Morgan fingerprint density at radius 2 is 2.20 bits per heavy atom. The molecule has 2 fully saturated rings. The second kappa shape index (κ2) is 4.14. The summed E-state index contributed by atoms with van der Waals surface area (Å²) in [6.07, 6.45) is 1.58. The Morgan fingerprint density at radius 3 is 2.87 bits per heavy atom. The largest absolute Gasteiger partial charge is 0.309 e. The molecular weight excluding hydrogens is 234 g/mol. The number of hydrogen-bond acceptors (Lipinski definition) is 4. The molecule has 4 unspecified atom stereocenters. The quantitative estimate of drug-likeness (QED) is 0.693. The van der Waals surface area contributed by atoms with Gasteiger partial charge in [0, 0.05) is 28.6 Å². The van der Waals surface area contributed by atoms with E-state index in [2.05, 4.69) is 12.2 Å². The molecular formula is C9H17NO3S2. The van der Waals surface area contributed by atoms with E-state index in [-0.39, 0.29) is 22.8 Å². The van der Waals surface area contributed by atoms with E-state index in [0.29, 0.717) is 18.2 Å². The highest BCUT2D eigenvalue weighted by molar-refractivity contribution is 7.93. The van der Waals surface area contributed by atoms with Gasteiger partial charge in [-0.2, -0.15) is 0 Å². The van der Waals surface area contributed by atoms with Gasteiger partial charge in [0.1, 0.15) is 0 Å². The van der Waals surface area contributed by atoms with Crippen LogP contribution in [0.1, 0.15) is 19.8 Å². The van der Waals surface area contributed by atoms with Crippen LogP contribution in [0.3, 0.4) is 0 Å². The molecule has 0 spiro atoms. The molecule has 0 aromatic rings. The molecule has 0 amide bonds. The molecule has 0 saturated carbocycles. The van der Waals surface area contributed by atoms with Gasteiger partial charge in [-0.25, -0.2) is 8.42 Å². The molecule has 4 atom stereocenters. The van der Waals surface area contributed by atoms with Crippen molar-refractivity contribution in [3.05, 3.63) is 0 Å². The monoisotopic (exact) mass is 251 g/mol. The number of nitrogens with one attached hydrogen (secondary N) is 1. The molecule has 2 aliphatic heterocycles. The second-order valence-corrected chi connectivity index (χ2v) is 8.30. The highest BCUT2D eigenvalue weighted by Gasteiger charge is 2.41. The fourth-order valence-corrected chi connectivity index (χ4v) is 6.60. The van der Waals surface area contributed by atoms with Crippen molar-refractivity contribution >= 4 is 20.6 Å². The highest BCUT2D eigenvalue weighted by atomic mass is 32.2. The number of hydrogen-bond donors (Lipinski definition) is 1. The third kappa shape index (κ3) is 2.42. The van der Waals surface area contributed by atoms with Crippen LogP contribution in [0.15, 0.2) is 0 Å². The molecule has 0 aliphatic carbocycles. The van der Waals surface area contributed by atoms with Gasteiger partial charge in [0.15, 0.2) is 9.84 Å². The van der Waals surface area contributed by atoms with Crippen molar-refractivity contribution in [1.82, 2.24) is 5.32 Å². The van der Waals surface area contributed by atoms with Crippen molar-refractivity contribution in [3.63, 3.8) is 0 Å². The Morgan fingerprint density at radius 1 is 1.47 bits per heavy atom. The van der Waals surface area contributed by atoms with Gasteiger partial charge in [-0.15, -0.1) is 0 Å². The lowest BCUT2D eigenvalue weighted by Crippen LogP contribution is -2.59. The molecule has 2 heterocycles. The molecule has 6 heteroatoms. The van der Waals surface area contributed by atoms with E-state index < -0.39 is 20.6 Å². The first-order valence-electron chi connectivity index (χ1n) is 5.35. The highest BCUT2D eigenvalue weighted by Crippen LogP contribution is 2.23. The van der Waals surface area contributed by atoms with Gasteiger partial charge in [-0.05, 0) is 12.8 Å². The van der Waals surface area contributed by atoms with Crippen LogP contribution in [0.5, 0.6) is 0 Å². The lowest BCUT2D eigenvalue weighted by atomic mass is 10.1. The van der Waals surface area contributed by atoms with E-state index in [1.807, 2.05) is 0 Å². The van der Waals surface area contributed by atoms with Gasteiger partial charge in [0.2, 0.25) is 0 Å². The first-order chi connectivity index (χ1) is 7.02. The zero-order chi connectivity index (χ0) is 11.1. The summed E-state index contributed by atoms with van der Waals surface area (Å²) >= 11 is 0. The molecule has 2 aliphatic rings. The van der Waals surface area contributed by atoms with E-state index in [1.54, 1.807) is 0 Å². The fraction of sp³-hybridized carbons (Fsp3) is 1.00. The van der Waals surface area contributed by atoms with Crippen LogP contribution in [0.25, 0.3) is 0 Å². The predicted octanol–water partition coefficient (Wildman–Crippen LogP) is -0.327. The minimum atomic E-state index is -2.94. The zero-order valence-electron chi connectivity index (χ0n) is 8.81. The van der Waals surface area contributed by atoms with Crippen LogP contribution in [0.2, 0.25) is 0 Å². The first kappa shape index (κ1) is 11.5. The van der Waals surface area contributed by atoms with Gasteiger partial charge < -0.3 is 5.32 Å². The van der Waals surface area contributed by atoms with Crippen LogP contribution in [-0.4, -0.2) is 47.2 Å². The van der Waals surface area contributed by atoms with Gasteiger partial charge in [-0.1, -0.05) is 6.92 Å². The smallest absolute Gasteiger partial charge is 0.151 e. The van der Waals surface area contributed by atoms with Crippen molar-refractivity contribution in [2.45, 2.75) is 37.1 Å². The molecule has 0 radical (unpaired) electrons. The number of fused-ring (bicyclic) bond motifs is 1. The summed E-state index contributed by atoms with van der Waals surface area (Å²) in [6, 6.07) is 0.445. The van der Waals surface area contributed by atoms with Crippen LogP contribution >= 0.6 is 0 Å². The third-order valence-corrected chi connectivity index (χ3v) is 7.09. The first-order valence-corrected chi connectivity index (χ1v) is 8.56. The van der Waals surface area contributed by atoms with Gasteiger partial charge in [-0.3, -0.25) is 4.21 Å². The molecule has 2 saturated heterocycles. The predicted molar refractivity (Wildman–Crippen MR) is 61.1 cm³/mol. The Kier molecular flexibility index (Phi) is 3.19. The Bertz CT molecular complexity index is 366. The molecule has 0 aromatic heterocycles. The summed E-state index contributed by atoms with van der Waals surface area (Å²) < 4.78 is 34.8. The lowest BCUT2D eigenvalue weighted by Gasteiger charge is -2.39. The molecule has 4 nitrogen and oxygen atoms in total. The Labute approximate surface area is 93.2 Å². The topological polar surface area (TPSA) is 63.2 Å². The maximum atomic E-state index is 11.9. The van der Waals surface area contributed by atoms with E-state index in [4.69, 9.17) is 0 Å². The van der Waals surface area contributed by atoms with E-state index in [0.717, 1.165) is 6.42 Å². The summed E-state index contributed by atoms with van der Waals surface area (Å²) in [7, 11) is -3.92. The number of rotatable bonds is 1. The molecule has 2 rings (SSSR count). The van der Waals surface area contributed by atoms with Gasteiger partial charge in [0.25, 0.3) is 0 Å². The minimum Gasteiger partial charge on any atom is -0.309 e. The van der Waals surface area contributed by atoms with Crippen LogP contribution in [-0.2, 0) is 20.6 Å². The van der Waals surface area contributed by atoms with Crippen molar-refractivity contribution in [2.24, 2.45) is 0 Å². The molecule has 1 N–H and O–H groups in total. The third-order valence-electron chi connectivity index (χ3n) is 3.25. The minimum absolute atomic E-state index is 0.105. The van der Waals surface area contributed by atoms with Crippen molar-refractivity contribution in [2.75, 3.05) is 17.3 Å². The number of sulfone groups is 1. The average Bonchev–Trinajstić information content (AvgIpc) is 2.18. The molecule has 0 aromatic carbocycles. The Hall–Kier alpha value is 0.0600. The molecule has 15 heavy (non-hydrogen) atoms. The van der Waals surface area contributed by atoms with E-state index in [9.17, 15) is 12.6 Å². The summed E-state index contributed by atoms with van der Waals surface area (Å²) in [4.78, 5) is 0. The summed E-state index contributed by atoms with van der Waals surface area (Å²) in [5.41, 5.74) is 0. The van der Waals surface area contributed by atoms with Crippen molar-refractivity contribution in [3.8, 4) is 0 Å². The average molecular weight is 251 g/mol. The van der Waals surface area contributed by atoms with Gasteiger partial charge in [0.05, 0.1) is 16.8 Å². The van der Waals surface area contributed by atoms with E-state index >= 15 is 0 Å².